The van der Waals surface area contributed by atoms with Gasteiger partial charge in [-0.15, -0.1) is 11.7 Å². The topological polar surface area (TPSA) is 97.1 Å². The highest BCUT2D eigenvalue weighted by Crippen LogP contribution is 2.30. The number of nitrogens with zero attached hydrogens (tertiary/aromatic N) is 3. The standard InChI is InChI=1S/C29H28ClF3N4O3/c1-3-5-6-7-10-20(9-4-2)25-35-26(37(36-25)23-12-8-11-21(18-23)29(31,32)33)27(38)34-24(28(39)40)17-19-13-15-22(30)16-14-19/h3,7-16,18,24H,1,4-6,17H2,2H3,(H,34,38)(H,39,40)/b10-7-,20-9+. The van der Waals surface area contributed by atoms with Gasteiger partial charge in [0.1, 0.15) is 6.04 Å². The molecule has 1 heterocycles. The lowest BCUT2D eigenvalue weighted by molar-refractivity contribution is -0.139. The van der Waals surface area contributed by atoms with E-state index >= 15 is 0 Å². The highest BCUT2D eigenvalue weighted by Gasteiger charge is 2.32. The molecule has 0 bridgehead atoms. The molecule has 40 heavy (non-hydrogen) atoms. The predicted molar refractivity (Wildman–Crippen MR) is 147 cm³/mol. The van der Waals surface area contributed by atoms with E-state index in [0.717, 1.165) is 23.2 Å². The van der Waals surface area contributed by atoms with Gasteiger partial charge in [0.25, 0.3) is 5.91 Å². The number of rotatable bonds is 12. The number of alkyl halides is 3. The Morgan fingerprint density at radius 2 is 1.90 bits per heavy atom. The molecule has 11 heteroatoms. The molecule has 210 valence electrons. The van der Waals surface area contributed by atoms with Crippen LogP contribution in [0.3, 0.4) is 0 Å². The van der Waals surface area contributed by atoms with Gasteiger partial charge in [0, 0.05) is 17.0 Å². The Balaban J connectivity index is 2.05. The highest BCUT2D eigenvalue weighted by molar-refractivity contribution is 6.30. The molecule has 1 aromatic heterocycles. The quantitative estimate of drug-likeness (QED) is 0.143. The molecule has 0 radical (unpaired) electrons. The lowest BCUT2D eigenvalue weighted by Gasteiger charge is -2.15. The first-order valence-electron chi connectivity index (χ1n) is 12.4. The number of unbranched alkanes of at least 4 members (excludes halogenated alkanes) is 1. The van der Waals surface area contributed by atoms with Gasteiger partial charge in [-0.3, -0.25) is 4.79 Å². The van der Waals surface area contributed by atoms with E-state index in [-0.39, 0.29) is 23.8 Å². The van der Waals surface area contributed by atoms with E-state index in [1.54, 1.807) is 36.4 Å². The fourth-order valence-corrected chi connectivity index (χ4v) is 3.86. The van der Waals surface area contributed by atoms with E-state index < -0.39 is 29.7 Å². The number of carboxylic acids is 1. The summed E-state index contributed by atoms with van der Waals surface area (Å²) in [6.45, 7) is 5.57. The molecule has 0 spiro atoms. The van der Waals surface area contributed by atoms with Crippen molar-refractivity contribution in [2.45, 2.75) is 44.8 Å². The van der Waals surface area contributed by atoms with E-state index in [0.29, 0.717) is 29.0 Å². The minimum Gasteiger partial charge on any atom is -0.480 e. The molecule has 0 saturated carbocycles. The van der Waals surface area contributed by atoms with Crippen LogP contribution < -0.4 is 5.32 Å². The van der Waals surface area contributed by atoms with Gasteiger partial charge >= 0.3 is 12.1 Å². The third-order valence-electron chi connectivity index (χ3n) is 5.70. The summed E-state index contributed by atoms with van der Waals surface area (Å²) in [4.78, 5) is 29.7. The fraction of sp³-hybridized carbons (Fsp3) is 0.241. The Morgan fingerprint density at radius 1 is 1.18 bits per heavy atom. The van der Waals surface area contributed by atoms with Crippen molar-refractivity contribution in [2.24, 2.45) is 0 Å². The first kappa shape index (κ1) is 30.4. The number of hydrogen-bond donors (Lipinski definition) is 2. The van der Waals surface area contributed by atoms with E-state index in [1.165, 1.54) is 12.1 Å². The third-order valence-corrected chi connectivity index (χ3v) is 5.95. The normalized spacial score (nSPS) is 12.9. The van der Waals surface area contributed by atoms with Crippen LogP contribution >= 0.6 is 11.6 Å². The number of halogens is 4. The van der Waals surface area contributed by atoms with Crippen LogP contribution in [0.1, 0.15) is 53.8 Å². The first-order chi connectivity index (χ1) is 19.0. The number of benzene rings is 2. The van der Waals surface area contributed by atoms with Crippen molar-refractivity contribution in [3.05, 3.63) is 107 Å². The van der Waals surface area contributed by atoms with Gasteiger partial charge in [0.15, 0.2) is 5.82 Å². The van der Waals surface area contributed by atoms with E-state index in [4.69, 9.17) is 11.6 Å². The summed E-state index contributed by atoms with van der Waals surface area (Å²) in [6, 6.07) is 9.40. The minimum atomic E-state index is -4.63. The second kappa shape index (κ2) is 13.7. The zero-order valence-electron chi connectivity index (χ0n) is 21.7. The second-order valence-corrected chi connectivity index (χ2v) is 9.19. The molecule has 0 aliphatic carbocycles. The second-order valence-electron chi connectivity index (χ2n) is 8.75. The number of amides is 1. The lowest BCUT2D eigenvalue weighted by Crippen LogP contribution is -2.43. The van der Waals surface area contributed by atoms with E-state index in [2.05, 4.69) is 22.0 Å². The summed E-state index contributed by atoms with van der Waals surface area (Å²) in [5.41, 5.74) is 0.167. The molecule has 0 aliphatic heterocycles. The number of allylic oxidation sites excluding steroid dienone is 5. The summed E-state index contributed by atoms with van der Waals surface area (Å²) in [5, 5.41) is 17.0. The number of carbonyl (C=O) groups is 2. The van der Waals surface area contributed by atoms with Gasteiger partial charge in [-0.1, -0.05) is 61.0 Å². The largest absolute Gasteiger partial charge is 0.480 e. The van der Waals surface area contributed by atoms with Crippen LogP contribution in [0.5, 0.6) is 0 Å². The number of carbonyl (C=O) groups excluding carboxylic acids is 1. The van der Waals surface area contributed by atoms with Crippen LogP contribution in [0, 0.1) is 0 Å². The van der Waals surface area contributed by atoms with Crippen molar-refractivity contribution >= 4 is 29.1 Å². The smallest absolute Gasteiger partial charge is 0.416 e. The summed E-state index contributed by atoms with van der Waals surface area (Å²) < 4.78 is 41.3. The third kappa shape index (κ3) is 8.16. The monoisotopic (exact) mass is 572 g/mol. The summed E-state index contributed by atoms with van der Waals surface area (Å²) in [6.07, 6.45) is 4.56. The molecule has 0 saturated heterocycles. The van der Waals surface area contributed by atoms with Gasteiger partial charge < -0.3 is 10.4 Å². The molecule has 2 N–H and O–H groups in total. The Kier molecular flexibility index (Phi) is 10.4. The molecule has 3 rings (SSSR count). The van der Waals surface area contributed by atoms with Crippen molar-refractivity contribution in [1.82, 2.24) is 20.1 Å². The lowest BCUT2D eigenvalue weighted by atomic mass is 10.1. The Hall–Kier alpha value is -4.18. The van der Waals surface area contributed by atoms with Gasteiger partial charge in [-0.2, -0.15) is 13.2 Å². The van der Waals surface area contributed by atoms with Crippen molar-refractivity contribution in [3.63, 3.8) is 0 Å². The number of hydrogen-bond acceptors (Lipinski definition) is 4. The van der Waals surface area contributed by atoms with Crippen molar-refractivity contribution in [2.75, 3.05) is 0 Å². The summed E-state index contributed by atoms with van der Waals surface area (Å²) >= 11 is 5.90. The molecular weight excluding hydrogens is 545 g/mol. The fourth-order valence-electron chi connectivity index (χ4n) is 3.73. The van der Waals surface area contributed by atoms with Crippen molar-refractivity contribution in [3.8, 4) is 5.69 Å². The zero-order chi connectivity index (χ0) is 29.3. The SMILES string of the molecule is C=CCC/C=C\C(=C/CC)c1nc(C(=O)NC(Cc2ccc(Cl)cc2)C(=O)O)n(-c2cccc(C(F)(F)F)c2)n1. The molecule has 1 unspecified atom stereocenters. The molecule has 2 aromatic carbocycles. The summed E-state index contributed by atoms with van der Waals surface area (Å²) in [7, 11) is 0. The molecule has 3 aromatic rings. The minimum absolute atomic E-state index is 0.0597. The Bertz CT molecular complexity index is 1410. The van der Waals surface area contributed by atoms with Crippen molar-refractivity contribution in [1.29, 1.82) is 0 Å². The molecular formula is C29H28ClF3N4O3. The van der Waals surface area contributed by atoms with Gasteiger partial charge in [-0.05, 0) is 55.2 Å². The maximum atomic E-state index is 13.4. The highest BCUT2D eigenvalue weighted by atomic mass is 35.5. The van der Waals surface area contributed by atoms with Crippen molar-refractivity contribution < 1.29 is 27.9 Å². The van der Waals surface area contributed by atoms with E-state index in [9.17, 15) is 27.9 Å². The molecule has 1 atom stereocenters. The van der Waals surface area contributed by atoms with Gasteiger partial charge in [-0.25, -0.2) is 14.5 Å². The van der Waals surface area contributed by atoms with E-state index in [1.807, 2.05) is 19.1 Å². The van der Waals surface area contributed by atoms with Crippen LogP contribution in [0.4, 0.5) is 13.2 Å². The Labute approximate surface area is 234 Å². The Morgan fingerprint density at radius 3 is 2.52 bits per heavy atom. The van der Waals surface area contributed by atoms with Crippen LogP contribution in [-0.4, -0.2) is 37.8 Å². The zero-order valence-corrected chi connectivity index (χ0v) is 22.4. The predicted octanol–water partition coefficient (Wildman–Crippen LogP) is 6.68. The van der Waals surface area contributed by atoms with Crippen LogP contribution in [0.15, 0.2) is 79.4 Å². The van der Waals surface area contributed by atoms with Gasteiger partial charge in [0.05, 0.1) is 11.3 Å². The molecule has 1 amide bonds. The molecule has 0 fully saturated rings. The average molecular weight is 573 g/mol. The average Bonchev–Trinajstić information content (AvgIpc) is 3.36. The number of aromatic nitrogens is 3. The number of nitrogens with one attached hydrogen (secondary N) is 1. The molecule has 7 nitrogen and oxygen atoms in total. The molecule has 0 aliphatic rings. The maximum absolute atomic E-state index is 13.4. The maximum Gasteiger partial charge on any atom is 0.416 e. The van der Waals surface area contributed by atoms with Crippen LogP contribution in [-0.2, 0) is 17.4 Å². The van der Waals surface area contributed by atoms with Crippen LogP contribution in [0.25, 0.3) is 11.3 Å². The number of aliphatic carboxylic acids is 1. The first-order valence-corrected chi connectivity index (χ1v) is 12.8. The summed E-state index contributed by atoms with van der Waals surface area (Å²) in [5.74, 6) is -2.48. The number of carboxylic acid groups (broad SMARTS) is 1. The van der Waals surface area contributed by atoms with Gasteiger partial charge in [0.2, 0.25) is 5.82 Å². The van der Waals surface area contributed by atoms with Crippen LogP contribution in [0.2, 0.25) is 5.02 Å².